The SMILES string of the molecule is COc1ccccc1CN1CCCC1CC(C)O. The van der Waals surface area contributed by atoms with Crippen LogP contribution < -0.4 is 4.74 Å². The zero-order chi connectivity index (χ0) is 13.0. The molecule has 1 saturated heterocycles. The van der Waals surface area contributed by atoms with Crippen molar-refractivity contribution in [1.29, 1.82) is 0 Å². The molecule has 0 amide bonds. The van der Waals surface area contributed by atoms with Crippen LogP contribution in [-0.2, 0) is 6.54 Å². The van der Waals surface area contributed by atoms with Crippen molar-refractivity contribution >= 4 is 0 Å². The number of aliphatic hydroxyl groups is 1. The summed E-state index contributed by atoms with van der Waals surface area (Å²) in [5.41, 5.74) is 1.23. The lowest BCUT2D eigenvalue weighted by Crippen LogP contribution is -2.31. The lowest BCUT2D eigenvalue weighted by molar-refractivity contribution is 0.130. The Hall–Kier alpha value is -1.06. The molecule has 2 atom stereocenters. The Labute approximate surface area is 109 Å². The quantitative estimate of drug-likeness (QED) is 0.870. The van der Waals surface area contributed by atoms with Gasteiger partial charge in [-0.3, -0.25) is 4.90 Å². The molecule has 2 unspecified atom stereocenters. The van der Waals surface area contributed by atoms with Gasteiger partial charge < -0.3 is 9.84 Å². The lowest BCUT2D eigenvalue weighted by Gasteiger charge is -2.26. The Morgan fingerprint density at radius 2 is 2.22 bits per heavy atom. The second-order valence-electron chi connectivity index (χ2n) is 5.16. The summed E-state index contributed by atoms with van der Waals surface area (Å²) in [6, 6.07) is 8.69. The molecule has 100 valence electrons. The summed E-state index contributed by atoms with van der Waals surface area (Å²) in [4.78, 5) is 2.46. The van der Waals surface area contributed by atoms with Crippen LogP contribution in [0, 0.1) is 0 Å². The largest absolute Gasteiger partial charge is 0.496 e. The van der Waals surface area contributed by atoms with Crippen LogP contribution in [0.4, 0.5) is 0 Å². The highest BCUT2D eigenvalue weighted by Crippen LogP contribution is 2.26. The van der Waals surface area contributed by atoms with E-state index in [1.807, 2.05) is 19.1 Å². The van der Waals surface area contributed by atoms with E-state index in [1.165, 1.54) is 18.4 Å². The molecule has 0 aliphatic carbocycles. The number of nitrogens with zero attached hydrogens (tertiary/aromatic N) is 1. The van der Waals surface area contributed by atoms with Gasteiger partial charge in [0.25, 0.3) is 0 Å². The van der Waals surface area contributed by atoms with Crippen LogP contribution in [0.5, 0.6) is 5.75 Å². The third kappa shape index (κ3) is 3.24. The van der Waals surface area contributed by atoms with Crippen molar-refractivity contribution in [3.05, 3.63) is 29.8 Å². The van der Waals surface area contributed by atoms with E-state index in [0.717, 1.165) is 25.3 Å². The molecular weight excluding hydrogens is 226 g/mol. The van der Waals surface area contributed by atoms with Crippen molar-refractivity contribution < 1.29 is 9.84 Å². The number of methoxy groups -OCH3 is 1. The van der Waals surface area contributed by atoms with Gasteiger partial charge in [0.2, 0.25) is 0 Å². The Morgan fingerprint density at radius 3 is 2.94 bits per heavy atom. The first-order chi connectivity index (χ1) is 8.70. The minimum absolute atomic E-state index is 0.215. The number of benzene rings is 1. The molecule has 0 bridgehead atoms. The first-order valence-electron chi connectivity index (χ1n) is 6.74. The molecule has 2 rings (SSSR count). The number of ether oxygens (including phenoxy) is 1. The van der Waals surface area contributed by atoms with E-state index in [2.05, 4.69) is 17.0 Å². The molecule has 1 heterocycles. The first kappa shape index (κ1) is 13.4. The van der Waals surface area contributed by atoms with Gasteiger partial charge >= 0.3 is 0 Å². The lowest BCUT2D eigenvalue weighted by atomic mass is 10.1. The van der Waals surface area contributed by atoms with Crippen LogP contribution in [0.2, 0.25) is 0 Å². The zero-order valence-electron chi connectivity index (χ0n) is 11.3. The van der Waals surface area contributed by atoms with Gasteiger partial charge in [-0.1, -0.05) is 18.2 Å². The van der Waals surface area contributed by atoms with E-state index in [0.29, 0.717) is 6.04 Å². The molecule has 0 saturated carbocycles. The van der Waals surface area contributed by atoms with Crippen LogP contribution in [-0.4, -0.2) is 35.8 Å². The third-order valence-corrected chi connectivity index (χ3v) is 3.68. The fourth-order valence-corrected chi connectivity index (χ4v) is 2.82. The predicted molar refractivity (Wildman–Crippen MR) is 72.7 cm³/mol. The maximum Gasteiger partial charge on any atom is 0.123 e. The van der Waals surface area contributed by atoms with E-state index in [1.54, 1.807) is 7.11 Å². The Morgan fingerprint density at radius 1 is 1.44 bits per heavy atom. The smallest absolute Gasteiger partial charge is 0.123 e. The maximum atomic E-state index is 9.55. The molecule has 1 N–H and O–H groups in total. The average molecular weight is 249 g/mol. The van der Waals surface area contributed by atoms with Gasteiger partial charge in [-0.05, 0) is 38.8 Å². The van der Waals surface area contributed by atoms with Gasteiger partial charge in [0.1, 0.15) is 5.75 Å². The Balaban J connectivity index is 2.03. The number of likely N-dealkylation sites (tertiary alicyclic amines) is 1. The fraction of sp³-hybridized carbons (Fsp3) is 0.600. The second-order valence-corrected chi connectivity index (χ2v) is 5.16. The summed E-state index contributed by atoms with van der Waals surface area (Å²) < 4.78 is 5.40. The van der Waals surface area contributed by atoms with Gasteiger partial charge in [0.05, 0.1) is 13.2 Å². The standard InChI is InChI=1S/C15H23NO2/c1-12(17)10-14-7-5-9-16(14)11-13-6-3-4-8-15(13)18-2/h3-4,6,8,12,14,17H,5,7,9-11H2,1-2H3. The molecule has 3 nitrogen and oxygen atoms in total. The highest BCUT2D eigenvalue weighted by atomic mass is 16.5. The number of rotatable bonds is 5. The minimum Gasteiger partial charge on any atom is -0.496 e. The molecular formula is C15H23NO2. The van der Waals surface area contributed by atoms with E-state index in [9.17, 15) is 5.11 Å². The van der Waals surface area contributed by atoms with Crippen LogP contribution >= 0.6 is 0 Å². The molecule has 1 fully saturated rings. The molecule has 1 aromatic rings. The van der Waals surface area contributed by atoms with Gasteiger partial charge in [-0.25, -0.2) is 0 Å². The molecule has 0 aromatic heterocycles. The van der Waals surface area contributed by atoms with Crippen molar-refractivity contribution in [1.82, 2.24) is 4.90 Å². The average Bonchev–Trinajstić information content (AvgIpc) is 2.76. The third-order valence-electron chi connectivity index (χ3n) is 3.68. The van der Waals surface area contributed by atoms with E-state index >= 15 is 0 Å². The predicted octanol–water partition coefficient (Wildman–Crippen LogP) is 2.43. The second kappa shape index (κ2) is 6.21. The van der Waals surface area contributed by atoms with Gasteiger partial charge in [0, 0.05) is 18.2 Å². The number of para-hydroxylation sites is 1. The summed E-state index contributed by atoms with van der Waals surface area (Å²) in [5, 5.41) is 9.55. The summed E-state index contributed by atoms with van der Waals surface area (Å²) in [7, 11) is 1.72. The van der Waals surface area contributed by atoms with Crippen LogP contribution in [0.1, 0.15) is 31.7 Å². The molecule has 0 spiro atoms. The fourth-order valence-electron chi connectivity index (χ4n) is 2.82. The summed E-state index contributed by atoms with van der Waals surface area (Å²) in [6.45, 7) is 3.91. The highest BCUT2D eigenvalue weighted by Gasteiger charge is 2.26. The van der Waals surface area contributed by atoms with E-state index in [-0.39, 0.29) is 6.10 Å². The Kier molecular flexibility index (Phi) is 4.61. The van der Waals surface area contributed by atoms with Crippen molar-refractivity contribution in [2.45, 2.75) is 44.9 Å². The topological polar surface area (TPSA) is 32.7 Å². The molecule has 1 aliphatic rings. The van der Waals surface area contributed by atoms with E-state index in [4.69, 9.17) is 4.74 Å². The van der Waals surface area contributed by atoms with Gasteiger partial charge in [-0.15, -0.1) is 0 Å². The van der Waals surface area contributed by atoms with Gasteiger partial charge in [0.15, 0.2) is 0 Å². The summed E-state index contributed by atoms with van der Waals surface area (Å²) in [6.07, 6.45) is 3.08. The highest BCUT2D eigenvalue weighted by molar-refractivity contribution is 5.33. The van der Waals surface area contributed by atoms with Crippen molar-refractivity contribution in [2.24, 2.45) is 0 Å². The molecule has 3 heteroatoms. The molecule has 1 aliphatic heterocycles. The number of hydrogen-bond donors (Lipinski definition) is 1. The normalized spacial score (nSPS) is 22.1. The van der Waals surface area contributed by atoms with Crippen LogP contribution in [0.25, 0.3) is 0 Å². The monoisotopic (exact) mass is 249 g/mol. The van der Waals surface area contributed by atoms with Crippen molar-refractivity contribution in [2.75, 3.05) is 13.7 Å². The minimum atomic E-state index is -0.215. The van der Waals surface area contributed by atoms with Crippen LogP contribution in [0.3, 0.4) is 0 Å². The molecule has 0 radical (unpaired) electrons. The maximum absolute atomic E-state index is 9.55. The Bertz CT molecular complexity index is 379. The van der Waals surface area contributed by atoms with Crippen LogP contribution in [0.15, 0.2) is 24.3 Å². The summed E-state index contributed by atoms with van der Waals surface area (Å²) in [5.74, 6) is 0.959. The van der Waals surface area contributed by atoms with Crippen molar-refractivity contribution in [3.8, 4) is 5.75 Å². The molecule has 18 heavy (non-hydrogen) atoms. The first-order valence-corrected chi connectivity index (χ1v) is 6.74. The zero-order valence-corrected chi connectivity index (χ0v) is 11.3. The molecule has 1 aromatic carbocycles. The summed E-state index contributed by atoms with van der Waals surface area (Å²) >= 11 is 0. The van der Waals surface area contributed by atoms with Crippen molar-refractivity contribution in [3.63, 3.8) is 0 Å². The van der Waals surface area contributed by atoms with E-state index < -0.39 is 0 Å². The number of aliphatic hydroxyl groups excluding tert-OH is 1. The number of hydrogen-bond acceptors (Lipinski definition) is 3. The van der Waals surface area contributed by atoms with Gasteiger partial charge in [-0.2, -0.15) is 0 Å².